The highest BCUT2D eigenvalue weighted by Crippen LogP contribution is 2.42. The molecule has 112 valence electrons. The summed E-state index contributed by atoms with van der Waals surface area (Å²) < 4.78 is 13.7. The Morgan fingerprint density at radius 3 is 2.35 bits per heavy atom. The quantitative estimate of drug-likeness (QED) is 0.914. The first-order valence-corrected chi connectivity index (χ1v) is 7.55. The lowest BCUT2D eigenvalue weighted by Gasteiger charge is -2.48. The Morgan fingerprint density at radius 2 is 1.85 bits per heavy atom. The zero-order chi connectivity index (χ0) is 14.9. The summed E-state index contributed by atoms with van der Waals surface area (Å²) in [5, 5.41) is 0. The molecule has 0 amide bonds. The molecule has 3 heteroatoms. The minimum atomic E-state index is -0.187. The van der Waals surface area contributed by atoms with Crippen LogP contribution >= 0.6 is 0 Å². The normalized spacial score (nSPS) is 28.6. The van der Waals surface area contributed by atoms with Gasteiger partial charge in [-0.3, -0.25) is 0 Å². The van der Waals surface area contributed by atoms with E-state index in [1.807, 2.05) is 13.0 Å². The van der Waals surface area contributed by atoms with Crippen LogP contribution in [0, 0.1) is 18.7 Å². The number of hydrogen-bond acceptors (Lipinski definition) is 2. The van der Waals surface area contributed by atoms with Crippen LogP contribution < -0.4 is 5.73 Å². The SMILES string of the molecule is Cc1cc(F)cc(C(N)C2(N(C)C)CCC(C)CC2)c1. The average Bonchev–Trinajstić information content (AvgIpc) is 2.37. The molecule has 0 spiro atoms. The third-order valence-electron chi connectivity index (χ3n) is 5.03. The summed E-state index contributed by atoms with van der Waals surface area (Å²) in [5.41, 5.74) is 8.39. The maximum atomic E-state index is 13.7. The van der Waals surface area contributed by atoms with Gasteiger partial charge in [0, 0.05) is 11.6 Å². The van der Waals surface area contributed by atoms with E-state index in [-0.39, 0.29) is 17.4 Å². The number of halogens is 1. The summed E-state index contributed by atoms with van der Waals surface area (Å²) in [6, 6.07) is 5.04. The lowest BCUT2D eigenvalue weighted by atomic mass is 9.70. The number of rotatable bonds is 3. The molecular formula is C17H27FN2. The Balaban J connectivity index is 2.34. The molecule has 1 unspecified atom stereocenters. The van der Waals surface area contributed by atoms with Crippen LogP contribution in [0.3, 0.4) is 0 Å². The van der Waals surface area contributed by atoms with Crippen molar-refractivity contribution in [2.75, 3.05) is 14.1 Å². The van der Waals surface area contributed by atoms with Gasteiger partial charge in [0.2, 0.25) is 0 Å². The van der Waals surface area contributed by atoms with Gasteiger partial charge in [0.05, 0.1) is 0 Å². The Labute approximate surface area is 122 Å². The van der Waals surface area contributed by atoms with Gasteiger partial charge in [-0.15, -0.1) is 0 Å². The first-order valence-electron chi connectivity index (χ1n) is 7.55. The van der Waals surface area contributed by atoms with Crippen molar-refractivity contribution in [3.05, 3.63) is 35.1 Å². The number of benzene rings is 1. The van der Waals surface area contributed by atoms with Gasteiger partial charge in [0.25, 0.3) is 0 Å². The molecule has 0 saturated heterocycles. The second-order valence-electron chi connectivity index (χ2n) is 6.72. The molecule has 2 N–H and O–H groups in total. The molecule has 0 heterocycles. The Morgan fingerprint density at radius 1 is 1.25 bits per heavy atom. The Kier molecular flexibility index (Phi) is 4.50. The van der Waals surface area contributed by atoms with Crippen molar-refractivity contribution in [2.24, 2.45) is 11.7 Å². The predicted octanol–water partition coefficient (Wildman–Crippen LogP) is 3.64. The van der Waals surface area contributed by atoms with Crippen LogP contribution in [0.15, 0.2) is 18.2 Å². The molecule has 1 aliphatic rings. The maximum Gasteiger partial charge on any atom is 0.123 e. The van der Waals surface area contributed by atoms with E-state index in [1.54, 1.807) is 12.1 Å². The lowest BCUT2D eigenvalue weighted by molar-refractivity contribution is 0.0563. The molecule has 1 saturated carbocycles. The third-order valence-corrected chi connectivity index (χ3v) is 5.03. The molecule has 2 rings (SSSR count). The van der Waals surface area contributed by atoms with Gasteiger partial charge < -0.3 is 10.6 Å². The molecule has 1 aromatic carbocycles. The van der Waals surface area contributed by atoms with Crippen molar-refractivity contribution < 1.29 is 4.39 Å². The fraction of sp³-hybridized carbons (Fsp3) is 0.647. The van der Waals surface area contributed by atoms with Gasteiger partial charge in [-0.1, -0.05) is 13.0 Å². The van der Waals surface area contributed by atoms with E-state index in [4.69, 9.17) is 5.73 Å². The largest absolute Gasteiger partial charge is 0.322 e. The lowest BCUT2D eigenvalue weighted by Crippen LogP contribution is -2.54. The predicted molar refractivity (Wildman–Crippen MR) is 82.1 cm³/mol. The minimum Gasteiger partial charge on any atom is -0.322 e. The molecule has 0 aliphatic heterocycles. The van der Waals surface area contributed by atoms with Crippen molar-refractivity contribution in [1.82, 2.24) is 4.90 Å². The molecular weight excluding hydrogens is 251 g/mol. The molecule has 0 aromatic heterocycles. The summed E-state index contributed by atoms with van der Waals surface area (Å²) in [6.45, 7) is 4.22. The van der Waals surface area contributed by atoms with Gasteiger partial charge in [-0.2, -0.15) is 0 Å². The van der Waals surface area contributed by atoms with E-state index in [0.29, 0.717) is 0 Å². The first kappa shape index (κ1) is 15.5. The highest BCUT2D eigenvalue weighted by molar-refractivity contribution is 5.29. The van der Waals surface area contributed by atoms with Crippen molar-refractivity contribution in [3.63, 3.8) is 0 Å². The fourth-order valence-electron chi connectivity index (χ4n) is 3.55. The van der Waals surface area contributed by atoms with Gasteiger partial charge in [0.15, 0.2) is 0 Å². The van der Waals surface area contributed by atoms with E-state index in [0.717, 1.165) is 29.9 Å². The average molecular weight is 278 g/mol. The standard InChI is InChI=1S/C17H27FN2/c1-12-5-7-17(8-6-12,20(3)4)16(19)14-9-13(2)10-15(18)11-14/h9-12,16H,5-8,19H2,1-4H3. The van der Waals surface area contributed by atoms with Crippen LogP contribution in [0.5, 0.6) is 0 Å². The molecule has 1 aromatic rings. The number of hydrogen-bond donors (Lipinski definition) is 1. The smallest absolute Gasteiger partial charge is 0.123 e. The van der Waals surface area contributed by atoms with Crippen molar-refractivity contribution in [3.8, 4) is 0 Å². The summed E-state index contributed by atoms with van der Waals surface area (Å²) in [4.78, 5) is 2.25. The summed E-state index contributed by atoms with van der Waals surface area (Å²) >= 11 is 0. The summed E-state index contributed by atoms with van der Waals surface area (Å²) in [5.74, 6) is 0.582. The Hall–Kier alpha value is -0.930. The molecule has 1 aliphatic carbocycles. The van der Waals surface area contributed by atoms with Crippen molar-refractivity contribution >= 4 is 0 Å². The number of nitrogens with two attached hydrogens (primary N) is 1. The second-order valence-corrected chi connectivity index (χ2v) is 6.72. The molecule has 0 radical (unpaired) electrons. The zero-order valence-corrected chi connectivity index (χ0v) is 13.1. The fourth-order valence-corrected chi connectivity index (χ4v) is 3.55. The van der Waals surface area contributed by atoms with E-state index in [1.165, 1.54) is 12.8 Å². The van der Waals surface area contributed by atoms with E-state index in [2.05, 4.69) is 25.9 Å². The van der Waals surface area contributed by atoms with Crippen LogP contribution in [-0.2, 0) is 0 Å². The van der Waals surface area contributed by atoms with Crippen LogP contribution in [0.1, 0.15) is 49.8 Å². The monoisotopic (exact) mass is 278 g/mol. The molecule has 1 fully saturated rings. The van der Waals surface area contributed by atoms with Crippen molar-refractivity contribution in [1.29, 1.82) is 0 Å². The van der Waals surface area contributed by atoms with Gasteiger partial charge in [0.1, 0.15) is 5.82 Å². The molecule has 0 bridgehead atoms. The first-order chi connectivity index (χ1) is 9.35. The highest BCUT2D eigenvalue weighted by atomic mass is 19.1. The van der Waals surface area contributed by atoms with E-state index < -0.39 is 0 Å². The third kappa shape index (κ3) is 2.89. The van der Waals surface area contributed by atoms with Gasteiger partial charge >= 0.3 is 0 Å². The molecule has 1 atom stereocenters. The number of nitrogens with zero attached hydrogens (tertiary/aromatic N) is 1. The maximum absolute atomic E-state index is 13.7. The van der Waals surface area contributed by atoms with Crippen LogP contribution in [-0.4, -0.2) is 24.5 Å². The zero-order valence-electron chi connectivity index (χ0n) is 13.1. The number of aryl methyl sites for hydroxylation is 1. The van der Waals surface area contributed by atoms with Crippen LogP contribution in [0.25, 0.3) is 0 Å². The molecule has 2 nitrogen and oxygen atoms in total. The van der Waals surface area contributed by atoms with Crippen molar-refractivity contribution in [2.45, 2.75) is 51.1 Å². The minimum absolute atomic E-state index is 0.0489. The number of likely N-dealkylation sites (N-methyl/N-ethyl adjacent to an activating group) is 1. The van der Waals surface area contributed by atoms with Gasteiger partial charge in [-0.05, 0) is 75.9 Å². The van der Waals surface area contributed by atoms with E-state index >= 15 is 0 Å². The van der Waals surface area contributed by atoms with Crippen LogP contribution in [0.2, 0.25) is 0 Å². The topological polar surface area (TPSA) is 29.3 Å². The summed E-state index contributed by atoms with van der Waals surface area (Å²) in [6.07, 6.45) is 4.55. The second kappa shape index (κ2) is 5.82. The van der Waals surface area contributed by atoms with Crippen LogP contribution in [0.4, 0.5) is 4.39 Å². The van der Waals surface area contributed by atoms with E-state index in [9.17, 15) is 4.39 Å². The van der Waals surface area contributed by atoms with Gasteiger partial charge in [-0.25, -0.2) is 4.39 Å². The highest BCUT2D eigenvalue weighted by Gasteiger charge is 2.42. The Bertz CT molecular complexity index is 442. The molecule has 20 heavy (non-hydrogen) atoms. The summed E-state index contributed by atoms with van der Waals surface area (Å²) in [7, 11) is 4.20.